The first-order valence-corrected chi connectivity index (χ1v) is 11.3. The first-order valence-electron chi connectivity index (χ1n) is 11.3. The van der Waals surface area contributed by atoms with Gasteiger partial charge in [0.15, 0.2) is 5.97 Å². The maximum atomic E-state index is 9.04. The van der Waals surface area contributed by atoms with Crippen LogP contribution in [0.5, 0.6) is 0 Å². The Labute approximate surface area is 194 Å². The lowest BCUT2D eigenvalue weighted by atomic mass is 9.85. The Morgan fingerprint density at radius 2 is 1.55 bits per heavy atom. The number of quaternary nitrogens is 1. The molecular weight excluding hydrogens is 422 g/mol. The lowest BCUT2D eigenvalue weighted by molar-refractivity contribution is -0.901. The molecule has 1 aliphatic heterocycles. The van der Waals surface area contributed by atoms with E-state index in [-0.39, 0.29) is 6.29 Å². The fraction of sp³-hybridized carbons (Fsp3) is 0.385. The second kappa shape index (κ2) is 11.7. The van der Waals surface area contributed by atoms with E-state index >= 15 is 0 Å². The number of rotatable bonds is 7. The molecule has 0 aromatic heterocycles. The van der Waals surface area contributed by atoms with Crippen LogP contribution in [-0.2, 0) is 19.1 Å². The van der Waals surface area contributed by atoms with Crippen molar-refractivity contribution in [2.75, 3.05) is 32.8 Å². The van der Waals surface area contributed by atoms with Crippen molar-refractivity contribution in [3.05, 3.63) is 71.3 Å². The quantitative estimate of drug-likeness (QED) is 0.372. The summed E-state index contributed by atoms with van der Waals surface area (Å²) in [6, 6.07) is 17.8. The first-order chi connectivity index (χ1) is 16.0. The molecule has 0 fully saturated rings. The van der Waals surface area contributed by atoms with Crippen LogP contribution in [0.3, 0.4) is 0 Å². The molecule has 176 valence electrons. The zero-order chi connectivity index (χ0) is 23.8. The van der Waals surface area contributed by atoms with Crippen molar-refractivity contribution in [2.45, 2.75) is 32.5 Å². The predicted molar refractivity (Wildman–Crippen MR) is 122 cm³/mol. The summed E-state index contributed by atoms with van der Waals surface area (Å²) >= 11 is 0. The molecule has 7 heteroatoms. The maximum absolute atomic E-state index is 9.04. The highest BCUT2D eigenvalue weighted by molar-refractivity contribution is 6.26. The standard InChI is InChI=1S/C24H29NO2.C2H2O4/c1-3-26-23(27-4-2)17-25-15-13-18(14-16-25)24-21-11-7-5-9-19(21)20-10-6-8-12-22(20)24;3-1(4)2(5)6/h5-13,23-24H,3-4,14-17H2,1-2H3;(H,3,4)(H,5,6). The van der Waals surface area contributed by atoms with Gasteiger partial charge in [0, 0.05) is 25.6 Å². The molecule has 4 rings (SSSR count). The van der Waals surface area contributed by atoms with Crippen molar-refractivity contribution < 1.29 is 34.2 Å². The number of fused-ring (bicyclic) bond motifs is 3. The molecule has 0 radical (unpaired) electrons. The van der Waals surface area contributed by atoms with Gasteiger partial charge in [0.2, 0.25) is 6.29 Å². The maximum Gasteiger partial charge on any atom is 0.351 e. The van der Waals surface area contributed by atoms with E-state index in [2.05, 4.69) is 54.6 Å². The Hall–Kier alpha value is -3.00. The minimum atomic E-state index is -2.07. The Balaban J connectivity index is 0.000000454. The molecule has 0 spiro atoms. The van der Waals surface area contributed by atoms with Crippen LogP contribution < -0.4 is 10.0 Å². The van der Waals surface area contributed by atoms with Gasteiger partial charge in [-0.05, 0) is 42.2 Å². The summed E-state index contributed by atoms with van der Waals surface area (Å²) in [7, 11) is 0. The zero-order valence-electron chi connectivity index (χ0n) is 19.1. The first kappa shape index (κ1) is 24.6. The minimum Gasteiger partial charge on any atom is -0.539 e. The van der Waals surface area contributed by atoms with E-state index in [0.717, 1.165) is 26.1 Å². The molecule has 33 heavy (non-hydrogen) atoms. The number of ether oxygens (including phenoxy) is 2. The van der Waals surface area contributed by atoms with Crippen molar-refractivity contribution in [1.29, 1.82) is 0 Å². The van der Waals surface area contributed by atoms with E-state index in [1.54, 1.807) is 10.5 Å². The minimum absolute atomic E-state index is 0.0853. The van der Waals surface area contributed by atoms with Crippen molar-refractivity contribution in [3.8, 4) is 11.1 Å². The van der Waals surface area contributed by atoms with Crippen molar-refractivity contribution in [1.82, 2.24) is 0 Å². The predicted octanol–water partition coefficient (Wildman–Crippen LogP) is 1.23. The number of hydrogen-bond donors (Lipinski definition) is 2. The number of benzene rings is 2. The number of aliphatic carboxylic acids is 2. The van der Waals surface area contributed by atoms with E-state index in [1.807, 2.05) is 13.8 Å². The molecule has 0 bridgehead atoms. The number of carboxylic acids is 2. The fourth-order valence-electron chi connectivity index (χ4n) is 4.58. The number of carbonyl (C=O) groups is 2. The zero-order valence-corrected chi connectivity index (χ0v) is 19.1. The monoisotopic (exact) mass is 453 g/mol. The highest BCUT2D eigenvalue weighted by Gasteiger charge is 2.32. The molecule has 2 aliphatic rings. The van der Waals surface area contributed by atoms with Gasteiger partial charge in [0.1, 0.15) is 6.54 Å². The van der Waals surface area contributed by atoms with Crippen LogP contribution in [0.1, 0.15) is 37.3 Å². The van der Waals surface area contributed by atoms with E-state index in [4.69, 9.17) is 29.3 Å². The Morgan fingerprint density at radius 3 is 1.97 bits per heavy atom. The molecule has 0 saturated carbocycles. The van der Waals surface area contributed by atoms with Crippen LogP contribution in [-0.4, -0.2) is 56.2 Å². The Morgan fingerprint density at radius 1 is 1.03 bits per heavy atom. The molecule has 1 atom stereocenters. The SMILES string of the molecule is CCOC(C[NH+]1CC=C(C2c3ccccc3-c3ccccc32)CC1)OCC.O=C([O-])C(=O)O. The molecule has 2 aromatic carbocycles. The Kier molecular flexibility index (Phi) is 8.77. The summed E-state index contributed by atoms with van der Waals surface area (Å²) in [5.74, 6) is -3.58. The van der Waals surface area contributed by atoms with Crippen molar-refractivity contribution in [2.24, 2.45) is 0 Å². The normalized spacial score (nSPS) is 16.9. The fourth-order valence-corrected chi connectivity index (χ4v) is 4.58. The lowest BCUT2D eigenvalue weighted by Crippen LogP contribution is -3.13. The van der Waals surface area contributed by atoms with Crippen molar-refractivity contribution in [3.63, 3.8) is 0 Å². The van der Waals surface area contributed by atoms with E-state index in [1.165, 1.54) is 22.3 Å². The molecule has 7 nitrogen and oxygen atoms in total. The third-order valence-corrected chi connectivity index (χ3v) is 5.96. The second-order valence-electron chi connectivity index (χ2n) is 7.98. The molecule has 0 amide bonds. The van der Waals surface area contributed by atoms with Gasteiger partial charge in [-0.3, -0.25) is 0 Å². The average Bonchev–Trinajstić information content (AvgIpc) is 3.15. The van der Waals surface area contributed by atoms with Gasteiger partial charge in [-0.15, -0.1) is 0 Å². The van der Waals surface area contributed by atoms with Crippen LogP contribution >= 0.6 is 0 Å². The van der Waals surface area contributed by atoms with Gasteiger partial charge in [-0.25, -0.2) is 4.79 Å². The van der Waals surface area contributed by atoms with Gasteiger partial charge >= 0.3 is 5.97 Å². The van der Waals surface area contributed by atoms with Crippen LogP contribution in [0.4, 0.5) is 0 Å². The van der Waals surface area contributed by atoms with Gasteiger partial charge in [-0.2, -0.15) is 0 Å². The smallest absolute Gasteiger partial charge is 0.351 e. The van der Waals surface area contributed by atoms with Gasteiger partial charge in [0.05, 0.1) is 13.1 Å². The average molecular weight is 454 g/mol. The second-order valence-corrected chi connectivity index (χ2v) is 7.98. The molecule has 1 unspecified atom stereocenters. The van der Waals surface area contributed by atoms with E-state index in [0.29, 0.717) is 19.1 Å². The molecule has 2 aromatic rings. The largest absolute Gasteiger partial charge is 0.539 e. The summed E-state index contributed by atoms with van der Waals surface area (Å²) in [6.07, 6.45) is 3.52. The third-order valence-electron chi connectivity index (χ3n) is 5.96. The van der Waals surface area contributed by atoms with Crippen LogP contribution in [0.25, 0.3) is 11.1 Å². The van der Waals surface area contributed by atoms with Gasteiger partial charge in [-0.1, -0.05) is 54.1 Å². The van der Waals surface area contributed by atoms with Gasteiger partial charge in [0.25, 0.3) is 0 Å². The summed E-state index contributed by atoms with van der Waals surface area (Å²) in [6.45, 7) is 8.58. The van der Waals surface area contributed by atoms with Gasteiger partial charge < -0.3 is 29.4 Å². The molecule has 1 aliphatic carbocycles. The lowest BCUT2D eigenvalue weighted by Gasteiger charge is -2.29. The van der Waals surface area contributed by atoms with E-state index < -0.39 is 11.9 Å². The van der Waals surface area contributed by atoms with Crippen LogP contribution in [0.15, 0.2) is 60.2 Å². The topological polar surface area (TPSA) is 100 Å². The molecular formula is C26H31NO6. The van der Waals surface area contributed by atoms with E-state index in [9.17, 15) is 0 Å². The number of hydrogen-bond acceptors (Lipinski definition) is 5. The summed E-state index contributed by atoms with van der Waals surface area (Å²) < 4.78 is 11.5. The number of carboxylic acid groups (broad SMARTS) is 2. The molecule has 1 heterocycles. The summed E-state index contributed by atoms with van der Waals surface area (Å²) in [5, 5.41) is 16.3. The highest BCUT2D eigenvalue weighted by atomic mass is 16.7. The summed E-state index contributed by atoms with van der Waals surface area (Å²) in [4.78, 5) is 19.6. The van der Waals surface area contributed by atoms with Crippen molar-refractivity contribution >= 4 is 11.9 Å². The third kappa shape index (κ3) is 6.07. The number of nitrogens with one attached hydrogen (secondary N) is 1. The Bertz CT molecular complexity index is 938. The molecule has 2 N–H and O–H groups in total. The number of carbonyl (C=O) groups excluding carboxylic acids is 1. The summed E-state index contributed by atoms with van der Waals surface area (Å²) in [5.41, 5.74) is 7.31. The van der Waals surface area contributed by atoms with Crippen LogP contribution in [0, 0.1) is 0 Å². The van der Waals surface area contributed by atoms with Crippen LogP contribution in [0.2, 0.25) is 0 Å². The highest BCUT2D eigenvalue weighted by Crippen LogP contribution is 2.48. The molecule has 0 saturated heterocycles.